The van der Waals surface area contributed by atoms with Crippen molar-refractivity contribution >= 4 is 39.6 Å². The van der Waals surface area contributed by atoms with E-state index >= 15 is 0 Å². The second-order valence-corrected chi connectivity index (χ2v) is 6.30. The highest BCUT2D eigenvalue weighted by Crippen LogP contribution is 2.26. The Morgan fingerprint density at radius 2 is 2.05 bits per heavy atom. The van der Waals surface area contributed by atoms with Crippen molar-refractivity contribution in [3.63, 3.8) is 0 Å². The fourth-order valence-corrected chi connectivity index (χ4v) is 2.96. The van der Waals surface area contributed by atoms with E-state index in [4.69, 9.17) is 0 Å². The van der Waals surface area contributed by atoms with Gasteiger partial charge in [-0.3, -0.25) is 5.10 Å². The fourth-order valence-electron chi connectivity index (χ4n) is 1.84. The average Bonchev–Trinajstić information content (AvgIpc) is 3.08. The Hall–Kier alpha value is -1.34. The molecule has 0 saturated heterocycles. The largest absolute Gasteiger partial charge is 0.381 e. The van der Waals surface area contributed by atoms with Gasteiger partial charge in [0, 0.05) is 21.4 Å². The molecule has 2 heterocycles. The zero-order valence-electron chi connectivity index (χ0n) is 10.1. The Bertz CT molecular complexity index is 644. The third-order valence-electron chi connectivity index (χ3n) is 2.81. The summed E-state index contributed by atoms with van der Waals surface area (Å²) in [7, 11) is 0. The molecule has 2 N–H and O–H groups in total. The lowest BCUT2D eigenvalue weighted by molar-refractivity contribution is 1.10. The summed E-state index contributed by atoms with van der Waals surface area (Å²) in [4.78, 5) is 1.22. The van der Waals surface area contributed by atoms with Gasteiger partial charge in [0.25, 0.3) is 0 Å². The number of nitrogens with zero attached hydrogens (tertiary/aromatic N) is 1. The average molecular weight is 381 g/mol. The van der Waals surface area contributed by atoms with E-state index in [-0.39, 0.29) is 0 Å². The molecule has 19 heavy (non-hydrogen) atoms. The van der Waals surface area contributed by atoms with Gasteiger partial charge in [0.1, 0.15) is 0 Å². The Morgan fingerprint density at radius 1 is 1.21 bits per heavy atom. The molecule has 5 heteroatoms. The number of halogens is 1. The molecule has 1 aromatic carbocycles. The predicted octanol–water partition coefficient (Wildman–Crippen LogP) is 4.35. The second-order valence-electron chi connectivity index (χ2n) is 4.11. The maximum atomic E-state index is 4.14. The maximum Gasteiger partial charge on any atom is 0.0799 e. The molecular formula is C14H12IN3S. The Kier molecular flexibility index (Phi) is 3.84. The van der Waals surface area contributed by atoms with E-state index in [2.05, 4.69) is 79.9 Å². The second kappa shape index (κ2) is 5.75. The van der Waals surface area contributed by atoms with Crippen LogP contribution in [-0.4, -0.2) is 10.2 Å². The van der Waals surface area contributed by atoms with Crippen LogP contribution in [0.2, 0.25) is 0 Å². The zero-order valence-corrected chi connectivity index (χ0v) is 13.0. The summed E-state index contributed by atoms with van der Waals surface area (Å²) in [5.74, 6) is 0. The number of hydrogen-bond donors (Lipinski definition) is 2. The molecule has 96 valence electrons. The Morgan fingerprint density at radius 3 is 2.79 bits per heavy atom. The minimum atomic E-state index is 0.768. The summed E-state index contributed by atoms with van der Waals surface area (Å²) in [6.45, 7) is 0.768. The van der Waals surface area contributed by atoms with Crippen LogP contribution in [0.15, 0.2) is 48.0 Å². The minimum Gasteiger partial charge on any atom is -0.381 e. The molecule has 0 atom stereocenters. The van der Waals surface area contributed by atoms with E-state index in [1.54, 1.807) is 11.3 Å². The minimum absolute atomic E-state index is 0.768. The zero-order chi connectivity index (χ0) is 13.1. The van der Waals surface area contributed by atoms with E-state index in [0.717, 1.165) is 17.9 Å². The number of nitrogens with one attached hydrogen (secondary N) is 2. The van der Waals surface area contributed by atoms with E-state index in [1.807, 2.05) is 6.20 Å². The van der Waals surface area contributed by atoms with E-state index in [1.165, 1.54) is 14.0 Å². The summed E-state index contributed by atoms with van der Waals surface area (Å²) in [5.41, 5.74) is 3.41. The van der Waals surface area contributed by atoms with Crippen LogP contribution in [0, 0.1) is 3.57 Å². The van der Waals surface area contributed by atoms with Crippen molar-refractivity contribution in [3.8, 4) is 10.6 Å². The summed E-state index contributed by atoms with van der Waals surface area (Å²) in [6, 6.07) is 12.5. The number of hydrogen-bond acceptors (Lipinski definition) is 3. The van der Waals surface area contributed by atoms with Crippen molar-refractivity contribution in [2.75, 3.05) is 5.32 Å². The molecule has 3 nitrogen and oxygen atoms in total. The van der Waals surface area contributed by atoms with Crippen molar-refractivity contribution in [1.82, 2.24) is 10.2 Å². The van der Waals surface area contributed by atoms with Crippen molar-refractivity contribution in [1.29, 1.82) is 0 Å². The van der Waals surface area contributed by atoms with Gasteiger partial charge in [-0.2, -0.15) is 5.10 Å². The first-order valence-corrected chi connectivity index (χ1v) is 7.84. The number of thiophene rings is 1. The first-order chi connectivity index (χ1) is 9.33. The summed E-state index contributed by atoms with van der Waals surface area (Å²) >= 11 is 4.02. The van der Waals surface area contributed by atoms with Crippen LogP contribution in [0.3, 0.4) is 0 Å². The molecule has 0 aliphatic carbocycles. The monoisotopic (exact) mass is 381 g/mol. The van der Waals surface area contributed by atoms with Gasteiger partial charge < -0.3 is 5.32 Å². The van der Waals surface area contributed by atoms with Gasteiger partial charge in [-0.25, -0.2) is 0 Å². The quantitative estimate of drug-likeness (QED) is 0.660. The van der Waals surface area contributed by atoms with E-state index < -0.39 is 0 Å². The maximum absolute atomic E-state index is 4.14. The molecule has 3 aromatic rings. The Labute approximate surface area is 129 Å². The van der Waals surface area contributed by atoms with Crippen molar-refractivity contribution in [2.45, 2.75) is 6.54 Å². The number of H-pyrrole nitrogens is 1. The highest BCUT2D eigenvalue weighted by atomic mass is 127. The van der Waals surface area contributed by atoms with Gasteiger partial charge in [0.15, 0.2) is 0 Å². The lowest BCUT2D eigenvalue weighted by atomic mass is 10.2. The van der Waals surface area contributed by atoms with Crippen LogP contribution in [0.4, 0.5) is 5.69 Å². The first kappa shape index (κ1) is 12.7. The molecule has 2 aromatic heterocycles. The van der Waals surface area contributed by atoms with Crippen LogP contribution < -0.4 is 5.32 Å². The molecule has 0 radical (unpaired) electrons. The van der Waals surface area contributed by atoms with Crippen LogP contribution in [-0.2, 0) is 6.54 Å². The third-order valence-corrected chi connectivity index (χ3v) is 4.42. The van der Waals surface area contributed by atoms with Gasteiger partial charge in [-0.1, -0.05) is 6.07 Å². The fraction of sp³-hybridized carbons (Fsp3) is 0.0714. The number of anilines is 1. The molecular weight excluding hydrogens is 369 g/mol. The SMILES string of the molecule is Ic1ccc(NCc2cn[nH]c2-c2cccs2)cc1. The molecule has 0 aliphatic heterocycles. The smallest absolute Gasteiger partial charge is 0.0799 e. The standard InChI is InChI=1S/C14H12IN3S/c15-11-3-5-12(6-4-11)16-8-10-9-17-18-14(10)13-2-1-7-19-13/h1-7,9,16H,8H2,(H,17,18). The van der Waals surface area contributed by atoms with Crippen molar-refractivity contribution < 1.29 is 0 Å². The highest BCUT2D eigenvalue weighted by molar-refractivity contribution is 14.1. The summed E-state index contributed by atoms with van der Waals surface area (Å²) in [6.07, 6.45) is 1.88. The summed E-state index contributed by atoms with van der Waals surface area (Å²) in [5, 5.41) is 12.7. The van der Waals surface area contributed by atoms with Gasteiger partial charge in [-0.05, 0) is 58.3 Å². The molecule has 0 bridgehead atoms. The van der Waals surface area contributed by atoms with E-state index in [0.29, 0.717) is 0 Å². The van der Waals surface area contributed by atoms with Gasteiger partial charge in [0.05, 0.1) is 16.8 Å². The van der Waals surface area contributed by atoms with Crippen LogP contribution in [0.1, 0.15) is 5.56 Å². The molecule has 0 aliphatic rings. The van der Waals surface area contributed by atoms with Crippen molar-refractivity contribution in [2.24, 2.45) is 0 Å². The number of benzene rings is 1. The summed E-state index contributed by atoms with van der Waals surface area (Å²) < 4.78 is 1.24. The first-order valence-electron chi connectivity index (χ1n) is 5.88. The number of aromatic nitrogens is 2. The van der Waals surface area contributed by atoms with Crippen LogP contribution in [0.5, 0.6) is 0 Å². The van der Waals surface area contributed by atoms with Gasteiger partial charge in [-0.15, -0.1) is 11.3 Å². The highest BCUT2D eigenvalue weighted by Gasteiger charge is 2.08. The molecule has 0 amide bonds. The number of aromatic amines is 1. The topological polar surface area (TPSA) is 40.7 Å². The predicted molar refractivity (Wildman–Crippen MR) is 88.4 cm³/mol. The van der Waals surface area contributed by atoms with Gasteiger partial charge >= 0.3 is 0 Å². The Balaban J connectivity index is 1.74. The molecule has 0 saturated carbocycles. The van der Waals surface area contributed by atoms with Crippen molar-refractivity contribution in [3.05, 3.63) is 57.1 Å². The number of rotatable bonds is 4. The molecule has 0 fully saturated rings. The molecule has 0 spiro atoms. The third kappa shape index (κ3) is 2.98. The molecule has 0 unspecified atom stereocenters. The lowest BCUT2D eigenvalue weighted by Crippen LogP contribution is -1.99. The van der Waals surface area contributed by atoms with E-state index in [9.17, 15) is 0 Å². The normalized spacial score (nSPS) is 10.6. The van der Waals surface area contributed by atoms with Crippen LogP contribution >= 0.6 is 33.9 Å². The lowest BCUT2D eigenvalue weighted by Gasteiger charge is -2.06. The van der Waals surface area contributed by atoms with Gasteiger partial charge in [0.2, 0.25) is 0 Å². The molecule has 3 rings (SSSR count). The van der Waals surface area contributed by atoms with Crippen LogP contribution in [0.25, 0.3) is 10.6 Å².